The molecule has 1 heterocycles. The molecule has 5 heteroatoms. The number of thioether (sulfide) groups is 1. The fourth-order valence-electron chi connectivity index (χ4n) is 2.07. The zero-order chi connectivity index (χ0) is 16.1. The van der Waals surface area contributed by atoms with Crippen LogP contribution in [0.15, 0.2) is 58.2 Å². The Morgan fingerprint density at radius 1 is 1.00 bits per heavy atom. The fraction of sp³-hybridized carbons (Fsp3) is 0.167. The highest BCUT2D eigenvalue weighted by Crippen LogP contribution is 2.22. The molecule has 3 rings (SSSR count). The van der Waals surface area contributed by atoms with Gasteiger partial charge in [-0.3, -0.25) is 0 Å². The van der Waals surface area contributed by atoms with E-state index in [1.807, 2.05) is 24.3 Å². The lowest BCUT2D eigenvalue weighted by molar-refractivity contribution is 0.420. The minimum absolute atomic E-state index is 0.566. The van der Waals surface area contributed by atoms with Crippen molar-refractivity contribution >= 4 is 11.8 Å². The van der Waals surface area contributed by atoms with Crippen LogP contribution in [-0.2, 0) is 12.2 Å². The average molecular weight is 321 g/mol. The third-order valence-corrected chi connectivity index (χ3v) is 4.26. The molecule has 0 atom stereocenters. The molecule has 0 aliphatic heterocycles. The zero-order valence-electron chi connectivity index (χ0n) is 12.7. The summed E-state index contributed by atoms with van der Waals surface area (Å²) in [4.78, 5) is 0. The number of nitrogens with zero attached hydrogens (tertiary/aromatic N) is 3. The first-order valence-electron chi connectivity index (χ1n) is 7.23. The molecule has 0 saturated heterocycles. The molecule has 0 unspecified atom stereocenters. The van der Waals surface area contributed by atoms with E-state index in [4.69, 9.17) is 9.68 Å². The summed E-state index contributed by atoms with van der Waals surface area (Å²) in [6.45, 7) is 2.06. The number of rotatable bonds is 5. The average Bonchev–Trinajstić information content (AvgIpc) is 3.03. The Hall–Kier alpha value is -2.58. The Balaban J connectivity index is 1.58. The van der Waals surface area contributed by atoms with E-state index < -0.39 is 0 Å². The molecule has 0 bridgehead atoms. The normalized spacial score (nSPS) is 10.4. The first-order valence-corrected chi connectivity index (χ1v) is 8.21. The second-order valence-corrected chi connectivity index (χ2v) is 6.15. The molecular formula is C18H15N3OS. The van der Waals surface area contributed by atoms with Crippen LogP contribution in [0.1, 0.15) is 28.1 Å². The second-order valence-electron chi connectivity index (χ2n) is 5.22. The number of benzene rings is 2. The first-order chi connectivity index (χ1) is 11.2. The molecule has 114 valence electrons. The lowest BCUT2D eigenvalue weighted by atomic mass is 10.1. The van der Waals surface area contributed by atoms with Gasteiger partial charge in [0.25, 0.3) is 5.22 Å². The number of hydrogen-bond donors (Lipinski definition) is 0. The molecule has 0 N–H and O–H groups in total. The SMILES string of the molecule is Cc1ccc(Cc2nnc(SCc3ccc(C#N)cc3)o2)cc1. The fourth-order valence-corrected chi connectivity index (χ4v) is 2.81. The van der Waals surface area contributed by atoms with Gasteiger partial charge in [-0.05, 0) is 30.2 Å². The van der Waals surface area contributed by atoms with Gasteiger partial charge in [0.05, 0.1) is 18.1 Å². The first kappa shape index (κ1) is 15.3. The van der Waals surface area contributed by atoms with E-state index in [0.717, 1.165) is 16.9 Å². The molecule has 0 radical (unpaired) electrons. The van der Waals surface area contributed by atoms with Gasteiger partial charge in [-0.1, -0.05) is 53.7 Å². The van der Waals surface area contributed by atoms with Gasteiger partial charge >= 0.3 is 0 Å². The molecular weight excluding hydrogens is 306 g/mol. The van der Waals surface area contributed by atoms with Crippen LogP contribution in [0.5, 0.6) is 0 Å². The lowest BCUT2D eigenvalue weighted by Crippen LogP contribution is -1.88. The summed E-state index contributed by atoms with van der Waals surface area (Å²) in [5.41, 5.74) is 4.17. The van der Waals surface area contributed by atoms with Crippen molar-refractivity contribution in [1.29, 1.82) is 5.26 Å². The molecule has 0 saturated carbocycles. The Kier molecular flexibility index (Phi) is 4.74. The van der Waals surface area contributed by atoms with Crippen molar-refractivity contribution in [1.82, 2.24) is 10.2 Å². The predicted octanol–water partition coefficient (Wildman–Crippen LogP) is 4.13. The number of aryl methyl sites for hydroxylation is 1. The van der Waals surface area contributed by atoms with Gasteiger partial charge in [-0.25, -0.2) is 0 Å². The summed E-state index contributed by atoms with van der Waals surface area (Å²) < 4.78 is 5.67. The third kappa shape index (κ3) is 4.21. The zero-order valence-corrected chi connectivity index (χ0v) is 13.5. The maximum Gasteiger partial charge on any atom is 0.276 e. The van der Waals surface area contributed by atoms with Crippen LogP contribution in [0.4, 0.5) is 0 Å². The molecule has 3 aromatic rings. The quantitative estimate of drug-likeness (QED) is 0.661. The molecule has 1 aromatic heterocycles. The Labute approximate surface area is 139 Å². The van der Waals surface area contributed by atoms with E-state index in [1.54, 1.807) is 0 Å². The monoisotopic (exact) mass is 321 g/mol. The van der Waals surface area contributed by atoms with Gasteiger partial charge in [0.2, 0.25) is 5.89 Å². The molecule has 0 spiro atoms. The van der Waals surface area contributed by atoms with Crippen LogP contribution in [-0.4, -0.2) is 10.2 Å². The van der Waals surface area contributed by atoms with Crippen LogP contribution < -0.4 is 0 Å². The molecule has 0 fully saturated rings. The maximum absolute atomic E-state index is 8.79. The van der Waals surface area contributed by atoms with Crippen molar-refractivity contribution in [3.05, 3.63) is 76.7 Å². The van der Waals surface area contributed by atoms with Crippen LogP contribution in [0.2, 0.25) is 0 Å². The van der Waals surface area contributed by atoms with Crippen molar-refractivity contribution in [2.24, 2.45) is 0 Å². The van der Waals surface area contributed by atoms with E-state index in [1.165, 1.54) is 17.3 Å². The molecule has 2 aromatic carbocycles. The highest BCUT2D eigenvalue weighted by atomic mass is 32.2. The smallest absolute Gasteiger partial charge is 0.276 e. The topological polar surface area (TPSA) is 62.7 Å². The summed E-state index contributed by atoms with van der Waals surface area (Å²) in [6, 6.07) is 17.9. The van der Waals surface area contributed by atoms with E-state index in [-0.39, 0.29) is 0 Å². The van der Waals surface area contributed by atoms with Gasteiger partial charge < -0.3 is 4.42 Å². The van der Waals surface area contributed by atoms with Crippen molar-refractivity contribution in [3.63, 3.8) is 0 Å². The van der Waals surface area contributed by atoms with Gasteiger partial charge in [0.1, 0.15) is 0 Å². The van der Waals surface area contributed by atoms with Gasteiger partial charge in [0, 0.05) is 5.75 Å². The summed E-state index contributed by atoms with van der Waals surface area (Å²) in [7, 11) is 0. The minimum atomic E-state index is 0.566. The van der Waals surface area contributed by atoms with Crippen LogP contribution >= 0.6 is 11.8 Å². The van der Waals surface area contributed by atoms with Crippen LogP contribution in [0.25, 0.3) is 0 Å². The maximum atomic E-state index is 8.79. The molecule has 0 amide bonds. The summed E-state index contributed by atoms with van der Waals surface area (Å²) in [5.74, 6) is 1.36. The number of nitriles is 1. The lowest BCUT2D eigenvalue weighted by Gasteiger charge is -1.98. The van der Waals surface area contributed by atoms with Crippen molar-refractivity contribution in [2.45, 2.75) is 24.3 Å². The highest BCUT2D eigenvalue weighted by Gasteiger charge is 2.08. The van der Waals surface area contributed by atoms with E-state index >= 15 is 0 Å². The summed E-state index contributed by atoms with van der Waals surface area (Å²) in [5, 5.41) is 17.5. The Bertz CT molecular complexity index is 817. The molecule has 0 aliphatic rings. The van der Waals surface area contributed by atoms with Crippen LogP contribution in [0.3, 0.4) is 0 Å². The summed E-state index contributed by atoms with van der Waals surface area (Å²) >= 11 is 1.50. The Morgan fingerprint density at radius 2 is 1.70 bits per heavy atom. The molecule has 23 heavy (non-hydrogen) atoms. The van der Waals surface area contributed by atoms with Gasteiger partial charge in [-0.15, -0.1) is 10.2 Å². The van der Waals surface area contributed by atoms with E-state index in [2.05, 4.69) is 47.5 Å². The molecule has 4 nitrogen and oxygen atoms in total. The van der Waals surface area contributed by atoms with Crippen molar-refractivity contribution in [2.75, 3.05) is 0 Å². The van der Waals surface area contributed by atoms with Crippen LogP contribution in [0, 0.1) is 18.3 Å². The van der Waals surface area contributed by atoms with E-state index in [9.17, 15) is 0 Å². The Morgan fingerprint density at radius 3 is 2.39 bits per heavy atom. The van der Waals surface area contributed by atoms with Gasteiger partial charge in [-0.2, -0.15) is 5.26 Å². The molecule has 0 aliphatic carbocycles. The largest absolute Gasteiger partial charge is 0.416 e. The minimum Gasteiger partial charge on any atom is -0.416 e. The predicted molar refractivity (Wildman–Crippen MR) is 89.0 cm³/mol. The third-order valence-electron chi connectivity index (χ3n) is 3.37. The highest BCUT2D eigenvalue weighted by molar-refractivity contribution is 7.98. The van der Waals surface area contributed by atoms with Gasteiger partial charge in [0.15, 0.2) is 0 Å². The van der Waals surface area contributed by atoms with Crippen molar-refractivity contribution < 1.29 is 4.42 Å². The van der Waals surface area contributed by atoms with Crippen molar-refractivity contribution in [3.8, 4) is 6.07 Å². The second kappa shape index (κ2) is 7.12. The summed E-state index contributed by atoms with van der Waals surface area (Å²) in [6.07, 6.45) is 0.644. The van der Waals surface area contributed by atoms with E-state index in [0.29, 0.717) is 23.1 Å². The number of aromatic nitrogens is 2. The standard InChI is InChI=1S/C18H15N3OS/c1-13-2-4-14(5-3-13)10-17-20-21-18(22-17)23-12-16-8-6-15(11-19)7-9-16/h2-9H,10,12H2,1H3. The number of hydrogen-bond acceptors (Lipinski definition) is 5.